The zero-order chi connectivity index (χ0) is 20.7. The number of amides is 1. The Morgan fingerprint density at radius 2 is 1.90 bits per heavy atom. The minimum atomic E-state index is -0.202. The van der Waals surface area contributed by atoms with Crippen molar-refractivity contribution in [3.63, 3.8) is 0 Å². The summed E-state index contributed by atoms with van der Waals surface area (Å²) in [6.45, 7) is 7.07. The van der Waals surface area contributed by atoms with Gasteiger partial charge in [-0.3, -0.25) is 4.90 Å². The molecule has 0 saturated carbocycles. The maximum atomic E-state index is 13.9. The highest BCUT2D eigenvalue weighted by Gasteiger charge is 2.42. The Balaban J connectivity index is 1.23. The third kappa shape index (κ3) is 3.91. The van der Waals surface area contributed by atoms with Crippen LogP contribution in [0.2, 0.25) is 5.02 Å². The highest BCUT2D eigenvalue weighted by atomic mass is 35.5. The molecule has 0 spiro atoms. The Labute approximate surface area is 179 Å². The first-order valence-corrected chi connectivity index (χ1v) is 10.8. The molecular formula is C21H25ClFN5O2. The minimum Gasteiger partial charge on any atom is -0.378 e. The van der Waals surface area contributed by atoms with Crippen molar-refractivity contribution in [3.8, 4) is 0 Å². The van der Waals surface area contributed by atoms with E-state index in [0.717, 1.165) is 57.1 Å². The summed E-state index contributed by atoms with van der Waals surface area (Å²) >= 11 is 5.89. The molecular weight excluding hydrogens is 409 g/mol. The van der Waals surface area contributed by atoms with Crippen LogP contribution >= 0.6 is 11.6 Å². The summed E-state index contributed by atoms with van der Waals surface area (Å²) in [7, 11) is 0. The molecule has 3 saturated heterocycles. The number of ether oxygens (including phenoxy) is 1. The number of likely N-dealkylation sites (tertiary alicyclic amines) is 2. The second kappa shape index (κ2) is 8.17. The average molecular weight is 434 g/mol. The number of hydrogen-bond donors (Lipinski definition) is 0. The molecule has 0 aliphatic carbocycles. The van der Waals surface area contributed by atoms with E-state index in [1.807, 2.05) is 11.0 Å². The van der Waals surface area contributed by atoms with Crippen molar-refractivity contribution in [2.75, 3.05) is 57.4 Å². The summed E-state index contributed by atoms with van der Waals surface area (Å²) in [5.74, 6) is 0.700. The van der Waals surface area contributed by atoms with E-state index in [-0.39, 0.29) is 11.8 Å². The van der Waals surface area contributed by atoms with E-state index < -0.39 is 0 Å². The van der Waals surface area contributed by atoms with E-state index in [1.54, 1.807) is 18.3 Å². The third-order valence-electron chi connectivity index (χ3n) is 6.37. The molecule has 3 aliphatic rings. The molecule has 1 amide bonds. The van der Waals surface area contributed by atoms with E-state index in [4.69, 9.17) is 16.3 Å². The van der Waals surface area contributed by atoms with Gasteiger partial charge in [0.2, 0.25) is 0 Å². The number of anilines is 1. The van der Waals surface area contributed by atoms with Crippen LogP contribution in [0.1, 0.15) is 5.56 Å². The van der Waals surface area contributed by atoms with E-state index in [9.17, 15) is 9.18 Å². The number of morpholine rings is 1. The molecule has 0 radical (unpaired) electrons. The molecule has 30 heavy (non-hydrogen) atoms. The first kappa shape index (κ1) is 19.8. The van der Waals surface area contributed by atoms with Gasteiger partial charge in [-0.15, -0.1) is 0 Å². The maximum absolute atomic E-state index is 13.9. The number of halogens is 2. The van der Waals surface area contributed by atoms with Crippen LogP contribution in [0.4, 0.5) is 14.9 Å². The number of benzene rings is 1. The summed E-state index contributed by atoms with van der Waals surface area (Å²) in [6.07, 6.45) is 3.03. The third-order valence-corrected chi connectivity index (χ3v) is 6.57. The van der Waals surface area contributed by atoms with Crippen molar-refractivity contribution in [2.45, 2.75) is 6.54 Å². The highest BCUT2D eigenvalue weighted by molar-refractivity contribution is 6.30. The molecule has 1 aromatic carbocycles. The fourth-order valence-electron chi connectivity index (χ4n) is 4.94. The molecule has 2 unspecified atom stereocenters. The lowest BCUT2D eigenvalue weighted by atomic mass is 10.0. The molecule has 4 heterocycles. The molecule has 5 rings (SSSR count). The Kier molecular flexibility index (Phi) is 5.39. The predicted molar refractivity (Wildman–Crippen MR) is 111 cm³/mol. The number of aromatic nitrogens is 2. The van der Waals surface area contributed by atoms with Crippen LogP contribution in [0.3, 0.4) is 0 Å². The summed E-state index contributed by atoms with van der Waals surface area (Å²) < 4.78 is 20.7. The van der Waals surface area contributed by atoms with Crippen LogP contribution in [0.5, 0.6) is 0 Å². The zero-order valence-electron chi connectivity index (χ0n) is 16.7. The van der Waals surface area contributed by atoms with Gasteiger partial charge in [0.1, 0.15) is 5.82 Å². The van der Waals surface area contributed by atoms with Crippen LogP contribution in [0.15, 0.2) is 30.6 Å². The van der Waals surface area contributed by atoms with E-state index in [1.165, 1.54) is 10.9 Å². The molecule has 3 aliphatic heterocycles. The highest BCUT2D eigenvalue weighted by Crippen LogP contribution is 2.34. The second-order valence-corrected chi connectivity index (χ2v) is 8.81. The Hall–Kier alpha value is -2.16. The molecule has 7 nitrogen and oxygen atoms in total. The number of rotatable bonds is 3. The first-order valence-electron chi connectivity index (χ1n) is 10.4. The van der Waals surface area contributed by atoms with Gasteiger partial charge in [0.05, 0.1) is 30.6 Å². The van der Waals surface area contributed by atoms with Crippen molar-refractivity contribution in [2.24, 2.45) is 11.8 Å². The minimum absolute atomic E-state index is 0.115. The Bertz CT molecular complexity index is 918. The van der Waals surface area contributed by atoms with Gasteiger partial charge in [-0.25, -0.2) is 9.18 Å². The lowest BCUT2D eigenvalue weighted by molar-refractivity contribution is 0.122. The summed E-state index contributed by atoms with van der Waals surface area (Å²) in [4.78, 5) is 19.1. The first-order chi connectivity index (χ1) is 14.6. The quantitative estimate of drug-likeness (QED) is 0.744. The Morgan fingerprint density at radius 1 is 1.17 bits per heavy atom. The van der Waals surface area contributed by atoms with Gasteiger partial charge < -0.3 is 14.5 Å². The number of nitrogens with zero attached hydrogens (tertiary/aromatic N) is 5. The normalized spacial score (nSPS) is 24.5. The van der Waals surface area contributed by atoms with Crippen LogP contribution in [0, 0.1) is 17.7 Å². The van der Waals surface area contributed by atoms with Gasteiger partial charge in [-0.05, 0) is 29.5 Å². The summed E-state index contributed by atoms with van der Waals surface area (Å²) in [5, 5.41) is 4.49. The van der Waals surface area contributed by atoms with Crippen LogP contribution in [-0.2, 0) is 11.3 Å². The standard InChI is InChI=1S/C21H25ClFN5O2/c22-18-8-24-28(14-18)21(29)27-12-16-10-25(11-17(16)13-27)9-15-1-2-19(23)7-20(15)26-3-5-30-6-4-26/h1-2,7-8,14,16-17H,3-6,9-13H2. The molecule has 160 valence electrons. The lowest BCUT2D eigenvalue weighted by Crippen LogP contribution is -2.38. The average Bonchev–Trinajstić information content (AvgIpc) is 3.44. The van der Waals surface area contributed by atoms with Crippen molar-refractivity contribution in [1.82, 2.24) is 19.6 Å². The number of carbonyl (C=O) groups excluding carboxylic acids is 1. The molecule has 2 aromatic rings. The SMILES string of the molecule is O=C(N1CC2CN(Cc3ccc(F)cc3N3CCOCC3)CC2C1)n1cc(Cl)cn1. The summed E-state index contributed by atoms with van der Waals surface area (Å²) in [6, 6.07) is 4.99. The largest absolute Gasteiger partial charge is 0.378 e. The number of fused-ring (bicyclic) bond motifs is 1. The van der Waals surface area contributed by atoms with Crippen molar-refractivity contribution in [3.05, 3.63) is 47.0 Å². The van der Waals surface area contributed by atoms with Gasteiger partial charge in [-0.1, -0.05) is 17.7 Å². The fourth-order valence-corrected chi connectivity index (χ4v) is 5.07. The zero-order valence-corrected chi connectivity index (χ0v) is 17.5. The summed E-state index contributed by atoms with van der Waals surface area (Å²) in [5.41, 5.74) is 2.13. The van der Waals surface area contributed by atoms with Crippen molar-refractivity contribution >= 4 is 23.3 Å². The van der Waals surface area contributed by atoms with Gasteiger partial charge in [-0.2, -0.15) is 9.78 Å². The number of carbonyl (C=O) groups is 1. The molecule has 1 aromatic heterocycles. The van der Waals surface area contributed by atoms with Crippen molar-refractivity contribution in [1.29, 1.82) is 0 Å². The molecule has 3 fully saturated rings. The molecule has 0 bridgehead atoms. The predicted octanol–water partition coefficient (Wildman–Crippen LogP) is 2.54. The molecule has 2 atom stereocenters. The van der Waals surface area contributed by atoms with Crippen LogP contribution < -0.4 is 4.90 Å². The van der Waals surface area contributed by atoms with Gasteiger partial charge in [0.25, 0.3) is 0 Å². The smallest absolute Gasteiger partial charge is 0.344 e. The second-order valence-electron chi connectivity index (χ2n) is 8.38. The van der Waals surface area contributed by atoms with Gasteiger partial charge in [0.15, 0.2) is 0 Å². The van der Waals surface area contributed by atoms with Gasteiger partial charge in [0, 0.05) is 51.5 Å². The molecule has 9 heteroatoms. The van der Waals surface area contributed by atoms with Gasteiger partial charge >= 0.3 is 6.03 Å². The van der Waals surface area contributed by atoms with E-state index >= 15 is 0 Å². The maximum Gasteiger partial charge on any atom is 0.344 e. The molecule has 0 N–H and O–H groups in total. The van der Waals surface area contributed by atoms with E-state index in [0.29, 0.717) is 30.1 Å². The fraction of sp³-hybridized carbons (Fsp3) is 0.524. The topological polar surface area (TPSA) is 53.8 Å². The lowest BCUT2D eigenvalue weighted by Gasteiger charge is -2.31. The number of hydrogen-bond acceptors (Lipinski definition) is 5. The Morgan fingerprint density at radius 3 is 2.57 bits per heavy atom. The monoisotopic (exact) mass is 433 g/mol. The van der Waals surface area contributed by atoms with Crippen LogP contribution in [-0.4, -0.2) is 78.1 Å². The van der Waals surface area contributed by atoms with Crippen molar-refractivity contribution < 1.29 is 13.9 Å². The van der Waals surface area contributed by atoms with Crippen LogP contribution in [0.25, 0.3) is 0 Å². The van der Waals surface area contributed by atoms with E-state index in [2.05, 4.69) is 14.9 Å².